The molecule has 0 radical (unpaired) electrons. The molecular weight excluding hydrogens is 263 g/mol. The van der Waals surface area contributed by atoms with Crippen molar-refractivity contribution in [2.24, 2.45) is 0 Å². The average molecular weight is 274 g/mol. The number of fused-ring (bicyclic) bond motifs is 1. The average Bonchev–Trinajstić information content (AvgIpc) is 2.84. The van der Waals surface area contributed by atoms with Crippen LogP contribution in [-0.2, 0) is 6.54 Å². The molecule has 3 aromatic rings. The molecule has 2 aromatic heterocycles. The molecule has 0 atom stereocenters. The third-order valence-corrected chi connectivity index (χ3v) is 3.98. The van der Waals surface area contributed by atoms with Crippen molar-refractivity contribution in [1.29, 1.82) is 0 Å². The molecule has 3 nitrogen and oxygen atoms in total. The number of rotatable bonds is 2. The first kappa shape index (κ1) is 12.0. The van der Waals surface area contributed by atoms with E-state index in [1.165, 1.54) is 23.5 Å². The molecule has 5 heteroatoms. The predicted octanol–water partition coefficient (Wildman–Crippen LogP) is 3.28. The summed E-state index contributed by atoms with van der Waals surface area (Å²) in [5.74, 6) is -0.293. The minimum absolute atomic E-state index is 0.0415. The standard InChI is InChI=1S/C14H11FN2OS/c1-2-17-8-16-12-11(7-19-13(12)14(17)18)9-4-3-5-10(15)6-9/h3-8H,2H2,1H3. The van der Waals surface area contributed by atoms with Crippen molar-refractivity contribution in [3.8, 4) is 11.1 Å². The fourth-order valence-corrected chi connectivity index (χ4v) is 3.00. The summed E-state index contributed by atoms with van der Waals surface area (Å²) in [5.41, 5.74) is 2.15. The van der Waals surface area contributed by atoms with E-state index in [0.29, 0.717) is 16.8 Å². The first-order valence-electron chi connectivity index (χ1n) is 5.93. The molecule has 0 spiro atoms. The minimum atomic E-state index is -0.293. The van der Waals surface area contributed by atoms with Gasteiger partial charge in [0.15, 0.2) is 0 Å². The third-order valence-electron chi connectivity index (χ3n) is 3.02. The molecule has 0 aliphatic rings. The van der Waals surface area contributed by atoms with Crippen molar-refractivity contribution in [3.63, 3.8) is 0 Å². The molecule has 0 amide bonds. The molecule has 0 bridgehead atoms. The smallest absolute Gasteiger partial charge is 0.271 e. The van der Waals surface area contributed by atoms with Gasteiger partial charge >= 0.3 is 0 Å². The number of hydrogen-bond donors (Lipinski definition) is 0. The Labute approximate surface area is 113 Å². The minimum Gasteiger partial charge on any atom is -0.298 e. The second-order valence-corrected chi connectivity index (χ2v) is 5.05. The maximum absolute atomic E-state index is 13.3. The van der Waals surface area contributed by atoms with E-state index in [4.69, 9.17) is 0 Å². The summed E-state index contributed by atoms with van der Waals surface area (Å²) >= 11 is 1.35. The molecule has 3 rings (SSSR count). The van der Waals surface area contributed by atoms with Crippen molar-refractivity contribution >= 4 is 21.6 Å². The van der Waals surface area contributed by atoms with Crippen LogP contribution in [0.5, 0.6) is 0 Å². The van der Waals surface area contributed by atoms with Crippen LogP contribution in [0.15, 0.2) is 40.8 Å². The fourth-order valence-electron chi connectivity index (χ4n) is 2.03. The van der Waals surface area contributed by atoms with Gasteiger partial charge in [0.1, 0.15) is 10.5 Å². The Bertz CT molecular complexity index is 807. The van der Waals surface area contributed by atoms with E-state index in [1.54, 1.807) is 17.0 Å². The zero-order chi connectivity index (χ0) is 13.4. The van der Waals surface area contributed by atoms with Gasteiger partial charge in [-0.25, -0.2) is 9.37 Å². The summed E-state index contributed by atoms with van der Waals surface area (Å²) < 4.78 is 15.5. The van der Waals surface area contributed by atoms with E-state index >= 15 is 0 Å². The van der Waals surface area contributed by atoms with E-state index in [1.807, 2.05) is 18.4 Å². The molecule has 1 aromatic carbocycles. The van der Waals surface area contributed by atoms with E-state index in [-0.39, 0.29) is 11.4 Å². The van der Waals surface area contributed by atoms with Gasteiger partial charge in [-0.05, 0) is 24.6 Å². The van der Waals surface area contributed by atoms with Gasteiger partial charge in [-0.1, -0.05) is 12.1 Å². The Balaban J connectivity index is 2.27. The molecule has 0 N–H and O–H groups in total. The molecule has 19 heavy (non-hydrogen) atoms. The molecule has 0 saturated heterocycles. The zero-order valence-corrected chi connectivity index (χ0v) is 11.1. The Morgan fingerprint density at radius 1 is 1.42 bits per heavy atom. The van der Waals surface area contributed by atoms with Crippen LogP contribution >= 0.6 is 11.3 Å². The van der Waals surface area contributed by atoms with Gasteiger partial charge in [0.25, 0.3) is 5.56 Å². The lowest BCUT2D eigenvalue weighted by Gasteiger charge is -2.02. The van der Waals surface area contributed by atoms with Gasteiger partial charge in [0.05, 0.1) is 11.8 Å². The number of thiophene rings is 1. The summed E-state index contributed by atoms with van der Waals surface area (Å²) in [5, 5.41) is 1.86. The van der Waals surface area contributed by atoms with Gasteiger partial charge < -0.3 is 0 Å². The van der Waals surface area contributed by atoms with Crippen molar-refractivity contribution in [2.75, 3.05) is 0 Å². The fraction of sp³-hybridized carbons (Fsp3) is 0.143. The topological polar surface area (TPSA) is 34.9 Å². The van der Waals surface area contributed by atoms with Gasteiger partial charge in [-0.15, -0.1) is 11.3 Å². The SMILES string of the molecule is CCn1cnc2c(-c3cccc(F)c3)csc2c1=O. The van der Waals surface area contributed by atoms with Crippen LogP contribution < -0.4 is 5.56 Å². The highest BCUT2D eigenvalue weighted by Gasteiger charge is 2.12. The van der Waals surface area contributed by atoms with E-state index in [9.17, 15) is 9.18 Å². The van der Waals surface area contributed by atoms with Crippen LogP contribution in [0, 0.1) is 5.82 Å². The van der Waals surface area contributed by atoms with Crippen LogP contribution in [0.1, 0.15) is 6.92 Å². The molecule has 0 fully saturated rings. The molecule has 0 unspecified atom stereocenters. The first-order chi connectivity index (χ1) is 9.20. The summed E-state index contributed by atoms with van der Waals surface area (Å²) in [6.45, 7) is 2.49. The first-order valence-corrected chi connectivity index (χ1v) is 6.81. The lowest BCUT2D eigenvalue weighted by Crippen LogP contribution is -2.18. The van der Waals surface area contributed by atoms with Crippen LogP contribution in [0.25, 0.3) is 21.3 Å². The van der Waals surface area contributed by atoms with Crippen molar-refractivity contribution in [3.05, 3.63) is 52.1 Å². The number of hydrogen-bond acceptors (Lipinski definition) is 3. The molecule has 0 aliphatic heterocycles. The van der Waals surface area contributed by atoms with Crippen LogP contribution in [0.4, 0.5) is 4.39 Å². The van der Waals surface area contributed by atoms with Gasteiger partial charge in [0, 0.05) is 17.5 Å². The highest BCUT2D eigenvalue weighted by atomic mass is 32.1. The normalized spacial score (nSPS) is 11.1. The summed E-state index contributed by atoms with van der Waals surface area (Å²) in [4.78, 5) is 16.5. The Hall–Kier alpha value is -2.01. The van der Waals surface area contributed by atoms with Crippen molar-refractivity contribution < 1.29 is 4.39 Å². The molecule has 0 saturated carbocycles. The summed E-state index contributed by atoms with van der Waals surface area (Å²) in [6, 6.07) is 6.32. The van der Waals surface area contributed by atoms with E-state index in [0.717, 1.165) is 11.1 Å². The van der Waals surface area contributed by atoms with Gasteiger partial charge in [0.2, 0.25) is 0 Å². The highest BCUT2D eigenvalue weighted by molar-refractivity contribution is 7.17. The van der Waals surface area contributed by atoms with Crippen LogP contribution in [0.2, 0.25) is 0 Å². The number of aromatic nitrogens is 2. The van der Waals surface area contributed by atoms with E-state index in [2.05, 4.69) is 4.98 Å². The number of benzene rings is 1. The molecule has 0 aliphatic carbocycles. The monoisotopic (exact) mass is 274 g/mol. The summed E-state index contributed by atoms with van der Waals surface area (Å²) in [6.07, 6.45) is 1.54. The lowest BCUT2D eigenvalue weighted by molar-refractivity contribution is 0.628. The summed E-state index contributed by atoms with van der Waals surface area (Å²) in [7, 11) is 0. The Morgan fingerprint density at radius 3 is 3.00 bits per heavy atom. The van der Waals surface area contributed by atoms with Crippen LogP contribution in [-0.4, -0.2) is 9.55 Å². The number of nitrogens with zero attached hydrogens (tertiary/aromatic N) is 2. The van der Waals surface area contributed by atoms with Gasteiger partial charge in [-0.3, -0.25) is 9.36 Å². The largest absolute Gasteiger partial charge is 0.298 e. The third kappa shape index (κ3) is 1.96. The highest BCUT2D eigenvalue weighted by Crippen LogP contribution is 2.30. The van der Waals surface area contributed by atoms with E-state index < -0.39 is 0 Å². The number of halogens is 1. The number of aryl methyl sites for hydroxylation is 1. The zero-order valence-electron chi connectivity index (χ0n) is 10.3. The van der Waals surface area contributed by atoms with Crippen molar-refractivity contribution in [1.82, 2.24) is 9.55 Å². The molecule has 96 valence electrons. The van der Waals surface area contributed by atoms with Crippen LogP contribution in [0.3, 0.4) is 0 Å². The Morgan fingerprint density at radius 2 is 2.26 bits per heavy atom. The van der Waals surface area contributed by atoms with Crippen molar-refractivity contribution in [2.45, 2.75) is 13.5 Å². The Kier molecular flexibility index (Phi) is 2.91. The molecular formula is C14H11FN2OS. The second kappa shape index (κ2) is 4.59. The molecule has 2 heterocycles. The van der Waals surface area contributed by atoms with Gasteiger partial charge in [-0.2, -0.15) is 0 Å². The maximum atomic E-state index is 13.3. The second-order valence-electron chi connectivity index (χ2n) is 4.17. The predicted molar refractivity (Wildman–Crippen MR) is 74.9 cm³/mol. The maximum Gasteiger partial charge on any atom is 0.271 e. The lowest BCUT2D eigenvalue weighted by atomic mass is 10.1. The quantitative estimate of drug-likeness (QED) is 0.718.